The van der Waals surface area contributed by atoms with Gasteiger partial charge < -0.3 is 4.55 Å². The summed E-state index contributed by atoms with van der Waals surface area (Å²) in [5, 5.41) is 0. The Morgan fingerprint density at radius 1 is 1.33 bits per heavy atom. The topological polar surface area (TPSA) is 40.1 Å². The summed E-state index contributed by atoms with van der Waals surface area (Å²) >= 11 is -0.0492. The first-order valence-corrected chi connectivity index (χ1v) is 5.15. The van der Waals surface area contributed by atoms with Crippen molar-refractivity contribution < 1.29 is 51.5 Å². The second kappa shape index (κ2) is 5.79. The first-order valence-electron chi connectivity index (χ1n) is 3.28. The molecular formula is C7H3BrF3NaO2S. The van der Waals surface area contributed by atoms with Crippen molar-refractivity contribution in [2.24, 2.45) is 0 Å². The monoisotopic (exact) mass is 310 g/mol. The molecule has 0 radical (unpaired) electrons. The largest absolute Gasteiger partial charge is 1.00 e. The van der Waals surface area contributed by atoms with Gasteiger partial charge in [-0.3, -0.25) is 4.21 Å². The van der Waals surface area contributed by atoms with Gasteiger partial charge in [0, 0.05) is 9.37 Å². The first kappa shape index (κ1) is 15.6. The van der Waals surface area contributed by atoms with Crippen LogP contribution in [0.25, 0.3) is 0 Å². The SMILES string of the molecule is O=S([O-])c1ccc(Br)cc1C(F)(F)F.[Na+]. The zero-order valence-corrected chi connectivity index (χ0v) is 11.9. The maximum atomic E-state index is 12.3. The Balaban J connectivity index is 0.00000196. The zero-order chi connectivity index (χ0) is 10.9. The number of hydrogen-bond acceptors (Lipinski definition) is 2. The Kier molecular flexibility index (Phi) is 6.02. The van der Waals surface area contributed by atoms with Gasteiger partial charge in [-0.1, -0.05) is 15.9 Å². The number of benzene rings is 1. The van der Waals surface area contributed by atoms with E-state index in [0.29, 0.717) is 0 Å². The molecule has 8 heteroatoms. The van der Waals surface area contributed by atoms with E-state index in [1.54, 1.807) is 0 Å². The van der Waals surface area contributed by atoms with Crippen LogP contribution in [0, 0.1) is 0 Å². The number of rotatable bonds is 1. The van der Waals surface area contributed by atoms with E-state index in [1.165, 1.54) is 6.07 Å². The summed E-state index contributed by atoms with van der Waals surface area (Å²) < 4.78 is 58.0. The van der Waals surface area contributed by atoms with Crippen molar-refractivity contribution in [1.82, 2.24) is 0 Å². The third-order valence-corrected chi connectivity index (χ3v) is 2.63. The number of alkyl halides is 3. The predicted octanol–water partition coefficient (Wildman–Crippen LogP) is -0.290. The van der Waals surface area contributed by atoms with Gasteiger partial charge >= 0.3 is 35.7 Å². The molecule has 0 aliphatic heterocycles. The fourth-order valence-corrected chi connectivity index (χ4v) is 1.76. The van der Waals surface area contributed by atoms with Crippen molar-refractivity contribution in [2.45, 2.75) is 11.1 Å². The van der Waals surface area contributed by atoms with Crippen LogP contribution in [0.15, 0.2) is 27.6 Å². The molecule has 1 aromatic carbocycles. The summed E-state index contributed by atoms with van der Waals surface area (Å²) in [5.41, 5.74) is -1.17. The van der Waals surface area contributed by atoms with Gasteiger partial charge in [0.25, 0.3) is 0 Å². The molecule has 0 bridgehead atoms. The zero-order valence-electron chi connectivity index (χ0n) is 7.47. The minimum Gasteiger partial charge on any atom is -0.768 e. The van der Waals surface area contributed by atoms with Gasteiger partial charge in [-0.25, -0.2) is 0 Å². The Morgan fingerprint density at radius 2 is 1.87 bits per heavy atom. The normalized spacial score (nSPS) is 13.1. The summed E-state index contributed by atoms with van der Waals surface area (Å²) in [6.45, 7) is 0. The molecular weight excluding hydrogens is 308 g/mol. The Morgan fingerprint density at radius 3 is 2.27 bits per heavy atom. The summed E-state index contributed by atoms with van der Waals surface area (Å²) in [7, 11) is 0. The van der Waals surface area contributed by atoms with E-state index in [-0.39, 0.29) is 34.0 Å². The van der Waals surface area contributed by atoms with Crippen molar-refractivity contribution >= 4 is 27.0 Å². The summed E-state index contributed by atoms with van der Waals surface area (Å²) in [6, 6.07) is 2.86. The molecule has 2 nitrogen and oxygen atoms in total. The quantitative estimate of drug-likeness (QED) is 0.528. The van der Waals surface area contributed by atoms with Gasteiger partial charge in [0.1, 0.15) is 0 Å². The molecule has 1 aromatic rings. The molecule has 78 valence electrons. The predicted molar refractivity (Wildman–Crippen MR) is 46.3 cm³/mol. The number of hydrogen-bond donors (Lipinski definition) is 0. The van der Waals surface area contributed by atoms with Crippen LogP contribution in [0.4, 0.5) is 13.2 Å². The average molecular weight is 311 g/mol. The molecule has 1 unspecified atom stereocenters. The fourth-order valence-electron chi connectivity index (χ4n) is 0.869. The Bertz CT molecular complexity index is 383. The van der Waals surface area contributed by atoms with E-state index in [0.717, 1.165) is 12.1 Å². The van der Waals surface area contributed by atoms with Crippen LogP contribution in [0.3, 0.4) is 0 Å². The Labute approximate surface area is 117 Å². The molecule has 15 heavy (non-hydrogen) atoms. The summed E-state index contributed by atoms with van der Waals surface area (Å²) in [4.78, 5) is -0.749. The van der Waals surface area contributed by atoms with Gasteiger partial charge in [-0.15, -0.1) is 0 Å². The van der Waals surface area contributed by atoms with Crippen LogP contribution >= 0.6 is 15.9 Å². The molecule has 0 aromatic heterocycles. The first-order chi connectivity index (χ1) is 6.32. The second-order valence-electron chi connectivity index (χ2n) is 2.37. The molecule has 1 atom stereocenters. The van der Waals surface area contributed by atoms with Crippen LogP contribution in [0.1, 0.15) is 5.56 Å². The van der Waals surface area contributed by atoms with Gasteiger partial charge in [-0.05, 0) is 29.3 Å². The van der Waals surface area contributed by atoms with Crippen molar-refractivity contribution in [3.05, 3.63) is 28.2 Å². The molecule has 0 saturated heterocycles. The van der Waals surface area contributed by atoms with E-state index in [9.17, 15) is 21.9 Å². The molecule has 0 spiro atoms. The van der Waals surface area contributed by atoms with E-state index in [4.69, 9.17) is 0 Å². The molecule has 0 aliphatic carbocycles. The molecule has 0 N–H and O–H groups in total. The minimum absolute atomic E-state index is 0. The van der Waals surface area contributed by atoms with Gasteiger partial charge in [0.15, 0.2) is 0 Å². The van der Waals surface area contributed by atoms with Crippen molar-refractivity contribution in [3.63, 3.8) is 0 Å². The van der Waals surface area contributed by atoms with E-state index < -0.39 is 27.7 Å². The van der Waals surface area contributed by atoms with Crippen LogP contribution < -0.4 is 29.6 Å². The molecule has 1 rings (SSSR count). The third-order valence-electron chi connectivity index (χ3n) is 1.43. The van der Waals surface area contributed by atoms with Gasteiger partial charge in [0.05, 0.1) is 5.56 Å². The van der Waals surface area contributed by atoms with Crippen LogP contribution in [0.2, 0.25) is 0 Å². The minimum atomic E-state index is -4.67. The average Bonchev–Trinajstić information content (AvgIpc) is 2.01. The fraction of sp³-hybridized carbons (Fsp3) is 0.143. The van der Waals surface area contributed by atoms with Crippen molar-refractivity contribution in [3.8, 4) is 0 Å². The Hall–Kier alpha value is 0.600. The molecule has 0 heterocycles. The third kappa shape index (κ3) is 4.16. The molecule has 0 saturated carbocycles. The van der Waals surface area contributed by atoms with Crippen LogP contribution in [-0.2, 0) is 17.3 Å². The van der Waals surface area contributed by atoms with Gasteiger partial charge in [-0.2, -0.15) is 13.2 Å². The van der Waals surface area contributed by atoms with Crippen LogP contribution in [-0.4, -0.2) is 8.76 Å². The van der Waals surface area contributed by atoms with Gasteiger partial charge in [0.2, 0.25) is 0 Å². The van der Waals surface area contributed by atoms with E-state index in [2.05, 4.69) is 15.9 Å². The molecule has 0 fully saturated rings. The maximum Gasteiger partial charge on any atom is 1.00 e. The molecule has 0 amide bonds. The summed E-state index contributed by atoms with van der Waals surface area (Å²) in [6.07, 6.45) is -4.67. The summed E-state index contributed by atoms with van der Waals surface area (Å²) in [5.74, 6) is 0. The van der Waals surface area contributed by atoms with E-state index in [1.807, 2.05) is 0 Å². The standard InChI is InChI=1S/C7H4BrF3O2S.Na/c8-4-1-2-6(14(12)13)5(3-4)7(9,10)11;/h1-3H,(H,12,13);/q;+1/p-1. The van der Waals surface area contributed by atoms with Crippen LogP contribution in [0.5, 0.6) is 0 Å². The number of halogens is 4. The van der Waals surface area contributed by atoms with Crippen molar-refractivity contribution in [2.75, 3.05) is 0 Å². The smallest absolute Gasteiger partial charge is 0.768 e. The van der Waals surface area contributed by atoms with Crippen molar-refractivity contribution in [1.29, 1.82) is 0 Å². The maximum absolute atomic E-state index is 12.3. The molecule has 0 aliphatic rings. The second-order valence-corrected chi connectivity index (χ2v) is 4.20. The van der Waals surface area contributed by atoms with E-state index >= 15 is 0 Å².